The summed E-state index contributed by atoms with van der Waals surface area (Å²) in [7, 11) is 0. The molecule has 1 aromatic heterocycles. The van der Waals surface area contributed by atoms with Crippen LogP contribution in [0.25, 0.3) is 0 Å². The Bertz CT molecular complexity index is 525. The van der Waals surface area contributed by atoms with E-state index in [0.717, 1.165) is 28.2 Å². The lowest BCUT2D eigenvalue weighted by Crippen LogP contribution is -2.10. The number of nitrogens with zero attached hydrogens (tertiary/aromatic N) is 2. The van der Waals surface area contributed by atoms with Gasteiger partial charge in [0.05, 0.1) is 6.54 Å². The Hall–Kier alpha value is -1.33. The standard InChI is InChI=1S/C13H16BrN3O/c1-10-16-4-5-17(10)6-7-18-13-3-2-12(14)8-11(13)9-15/h2-5,8H,6-7,9,15H2,1H3. The van der Waals surface area contributed by atoms with Crippen LogP contribution >= 0.6 is 15.9 Å². The molecule has 0 saturated heterocycles. The van der Waals surface area contributed by atoms with Crippen molar-refractivity contribution in [2.24, 2.45) is 5.73 Å². The minimum atomic E-state index is 0.471. The van der Waals surface area contributed by atoms with Gasteiger partial charge in [-0.1, -0.05) is 15.9 Å². The molecule has 0 aliphatic rings. The van der Waals surface area contributed by atoms with Crippen molar-refractivity contribution in [3.8, 4) is 5.75 Å². The zero-order valence-electron chi connectivity index (χ0n) is 10.3. The summed E-state index contributed by atoms with van der Waals surface area (Å²) in [5, 5.41) is 0. The summed E-state index contributed by atoms with van der Waals surface area (Å²) in [6.45, 7) is 3.83. The molecule has 18 heavy (non-hydrogen) atoms. The van der Waals surface area contributed by atoms with Gasteiger partial charge in [0.1, 0.15) is 18.2 Å². The van der Waals surface area contributed by atoms with Crippen molar-refractivity contribution in [3.05, 3.63) is 46.5 Å². The molecular formula is C13H16BrN3O. The molecule has 0 bridgehead atoms. The maximum atomic E-state index is 5.76. The van der Waals surface area contributed by atoms with E-state index in [1.54, 1.807) is 6.20 Å². The third-order valence-electron chi connectivity index (χ3n) is 2.76. The molecule has 5 heteroatoms. The van der Waals surface area contributed by atoms with E-state index in [2.05, 4.69) is 25.5 Å². The highest BCUT2D eigenvalue weighted by Gasteiger charge is 2.03. The first-order valence-corrected chi connectivity index (χ1v) is 6.59. The molecule has 0 unspecified atom stereocenters. The van der Waals surface area contributed by atoms with E-state index >= 15 is 0 Å². The summed E-state index contributed by atoms with van der Waals surface area (Å²) in [5.74, 6) is 1.84. The van der Waals surface area contributed by atoms with Gasteiger partial charge >= 0.3 is 0 Å². The van der Waals surface area contributed by atoms with Gasteiger partial charge in [-0.05, 0) is 25.1 Å². The minimum Gasteiger partial charge on any atom is -0.491 e. The van der Waals surface area contributed by atoms with Crippen LogP contribution in [0.3, 0.4) is 0 Å². The molecule has 2 N–H and O–H groups in total. The van der Waals surface area contributed by atoms with Crippen LogP contribution in [0.5, 0.6) is 5.75 Å². The maximum absolute atomic E-state index is 5.76. The highest BCUT2D eigenvalue weighted by molar-refractivity contribution is 9.10. The molecule has 1 aromatic carbocycles. The van der Waals surface area contributed by atoms with E-state index in [9.17, 15) is 0 Å². The van der Waals surface area contributed by atoms with Crippen molar-refractivity contribution in [2.75, 3.05) is 6.61 Å². The van der Waals surface area contributed by atoms with E-state index in [1.165, 1.54) is 0 Å². The Labute approximate surface area is 115 Å². The molecule has 0 atom stereocenters. The fraction of sp³-hybridized carbons (Fsp3) is 0.308. The number of hydrogen-bond acceptors (Lipinski definition) is 3. The van der Waals surface area contributed by atoms with Crippen LogP contribution < -0.4 is 10.5 Å². The monoisotopic (exact) mass is 309 g/mol. The molecule has 0 aliphatic carbocycles. The van der Waals surface area contributed by atoms with Gasteiger partial charge in [-0.15, -0.1) is 0 Å². The van der Waals surface area contributed by atoms with Crippen molar-refractivity contribution in [2.45, 2.75) is 20.0 Å². The predicted molar refractivity (Wildman–Crippen MR) is 74.5 cm³/mol. The van der Waals surface area contributed by atoms with Gasteiger partial charge in [0, 0.05) is 29.0 Å². The predicted octanol–water partition coefficient (Wildman–Crippen LogP) is 2.49. The van der Waals surface area contributed by atoms with Crippen molar-refractivity contribution in [1.29, 1.82) is 0 Å². The second-order valence-corrected chi connectivity index (χ2v) is 4.89. The molecule has 0 aliphatic heterocycles. The Morgan fingerprint density at radius 3 is 2.94 bits per heavy atom. The van der Waals surface area contributed by atoms with E-state index in [4.69, 9.17) is 10.5 Å². The number of benzene rings is 1. The van der Waals surface area contributed by atoms with Crippen molar-refractivity contribution >= 4 is 15.9 Å². The number of ether oxygens (including phenoxy) is 1. The molecule has 0 radical (unpaired) electrons. The molecule has 1 heterocycles. The van der Waals surface area contributed by atoms with Gasteiger partial charge in [-0.25, -0.2) is 4.98 Å². The highest BCUT2D eigenvalue weighted by Crippen LogP contribution is 2.22. The molecule has 2 rings (SSSR count). The third kappa shape index (κ3) is 3.11. The Balaban J connectivity index is 1.96. The Morgan fingerprint density at radius 2 is 2.28 bits per heavy atom. The molecule has 0 amide bonds. The molecule has 2 aromatic rings. The van der Waals surface area contributed by atoms with E-state index < -0.39 is 0 Å². The van der Waals surface area contributed by atoms with Crippen LogP contribution in [-0.2, 0) is 13.1 Å². The summed E-state index contributed by atoms with van der Waals surface area (Å²) in [4.78, 5) is 4.17. The molecule has 4 nitrogen and oxygen atoms in total. The van der Waals surface area contributed by atoms with E-state index in [0.29, 0.717) is 13.2 Å². The number of rotatable bonds is 5. The first kappa shape index (κ1) is 13.1. The first-order chi connectivity index (χ1) is 8.70. The normalized spacial score (nSPS) is 10.6. The lowest BCUT2D eigenvalue weighted by Gasteiger charge is -2.11. The van der Waals surface area contributed by atoms with Crippen molar-refractivity contribution in [1.82, 2.24) is 9.55 Å². The lowest BCUT2D eigenvalue weighted by molar-refractivity contribution is 0.294. The van der Waals surface area contributed by atoms with Gasteiger partial charge in [0.15, 0.2) is 0 Å². The van der Waals surface area contributed by atoms with Crippen LogP contribution in [0.4, 0.5) is 0 Å². The lowest BCUT2D eigenvalue weighted by atomic mass is 10.2. The van der Waals surface area contributed by atoms with Crippen molar-refractivity contribution < 1.29 is 4.74 Å². The number of aromatic nitrogens is 2. The number of halogens is 1. The summed E-state index contributed by atoms with van der Waals surface area (Å²) >= 11 is 3.42. The molecular weight excluding hydrogens is 294 g/mol. The van der Waals surface area contributed by atoms with Crippen LogP contribution in [0.1, 0.15) is 11.4 Å². The second-order valence-electron chi connectivity index (χ2n) is 3.97. The highest BCUT2D eigenvalue weighted by atomic mass is 79.9. The fourth-order valence-electron chi connectivity index (χ4n) is 1.74. The van der Waals surface area contributed by atoms with Crippen LogP contribution in [0, 0.1) is 6.92 Å². The number of hydrogen-bond donors (Lipinski definition) is 1. The van der Waals surface area contributed by atoms with Gasteiger partial charge in [0.25, 0.3) is 0 Å². The molecule has 0 spiro atoms. The Kier molecular flexibility index (Phi) is 4.38. The molecule has 96 valence electrons. The van der Waals surface area contributed by atoms with Crippen LogP contribution in [0.2, 0.25) is 0 Å². The van der Waals surface area contributed by atoms with Gasteiger partial charge in [-0.3, -0.25) is 0 Å². The van der Waals surface area contributed by atoms with Gasteiger partial charge in [0.2, 0.25) is 0 Å². The topological polar surface area (TPSA) is 53.1 Å². The molecule has 0 fully saturated rings. The van der Waals surface area contributed by atoms with Crippen molar-refractivity contribution in [3.63, 3.8) is 0 Å². The fourth-order valence-corrected chi connectivity index (χ4v) is 2.15. The average molecular weight is 310 g/mol. The number of imidazole rings is 1. The summed E-state index contributed by atoms with van der Waals surface area (Å²) in [6, 6.07) is 5.88. The number of aryl methyl sites for hydroxylation is 1. The quantitative estimate of drug-likeness (QED) is 0.923. The second kappa shape index (κ2) is 6.02. The zero-order chi connectivity index (χ0) is 13.0. The minimum absolute atomic E-state index is 0.471. The maximum Gasteiger partial charge on any atom is 0.123 e. The third-order valence-corrected chi connectivity index (χ3v) is 3.25. The summed E-state index contributed by atoms with van der Waals surface area (Å²) in [5.41, 5.74) is 6.70. The summed E-state index contributed by atoms with van der Waals surface area (Å²) in [6.07, 6.45) is 3.74. The van der Waals surface area contributed by atoms with Crippen LogP contribution in [0.15, 0.2) is 35.1 Å². The summed E-state index contributed by atoms with van der Waals surface area (Å²) < 4.78 is 8.83. The Morgan fingerprint density at radius 1 is 1.44 bits per heavy atom. The largest absolute Gasteiger partial charge is 0.491 e. The van der Waals surface area contributed by atoms with Gasteiger partial charge in [-0.2, -0.15) is 0 Å². The van der Waals surface area contributed by atoms with E-state index in [1.807, 2.05) is 31.3 Å². The van der Waals surface area contributed by atoms with Crippen LogP contribution in [-0.4, -0.2) is 16.2 Å². The molecule has 0 saturated carbocycles. The smallest absolute Gasteiger partial charge is 0.123 e. The zero-order valence-corrected chi connectivity index (χ0v) is 11.9. The van der Waals surface area contributed by atoms with E-state index in [-0.39, 0.29) is 0 Å². The van der Waals surface area contributed by atoms with Gasteiger partial charge < -0.3 is 15.0 Å². The SMILES string of the molecule is Cc1nccn1CCOc1ccc(Br)cc1CN. The average Bonchev–Trinajstić information content (AvgIpc) is 2.77. The first-order valence-electron chi connectivity index (χ1n) is 5.79. The number of nitrogens with two attached hydrogens (primary N) is 1.